The van der Waals surface area contributed by atoms with Gasteiger partial charge in [-0.25, -0.2) is 4.98 Å². The molecule has 0 spiro atoms. The van der Waals surface area contributed by atoms with Gasteiger partial charge in [-0.15, -0.1) is 0 Å². The van der Waals surface area contributed by atoms with Gasteiger partial charge in [-0.2, -0.15) is 0 Å². The number of hydrogen-bond acceptors (Lipinski definition) is 2. The van der Waals surface area contributed by atoms with Gasteiger partial charge in [0.25, 0.3) is 0 Å². The van der Waals surface area contributed by atoms with Crippen LogP contribution in [0.3, 0.4) is 0 Å². The molecule has 0 atom stereocenters. The van der Waals surface area contributed by atoms with E-state index in [4.69, 9.17) is 0 Å². The van der Waals surface area contributed by atoms with Gasteiger partial charge in [0.15, 0.2) is 0 Å². The lowest BCUT2D eigenvalue weighted by Gasteiger charge is -2.10. The third-order valence-corrected chi connectivity index (χ3v) is 4.34. The predicted molar refractivity (Wildman–Crippen MR) is 92.7 cm³/mol. The molecule has 0 saturated carbocycles. The minimum Gasteiger partial charge on any atom is -0.380 e. The lowest BCUT2D eigenvalue weighted by molar-refractivity contribution is 1.05. The minimum absolute atomic E-state index is 0.777. The van der Waals surface area contributed by atoms with Crippen molar-refractivity contribution < 1.29 is 0 Å². The number of imidazole rings is 1. The second-order valence-corrected chi connectivity index (χ2v) is 6.38. The molecule has 1 aromatic heterocycles. The Morgan fingerprint density at radius 1 is 1.05 bits per heavy atom. The van der Waals surface area contributed by atoms with E-state index in [0.29, 0.717) is 0 Å². The van der Waals surface area contributed by atoms with E-state index in [2.05, 4.69) is 72.5 Å². The molecule has 0 aliphatic carbocycles. The maximum absolute atomic E-state index is 4.06. The van der Waals surface area contributed by atoms with Crippen LogP contribution in [-0.2, 0) is 6.54 Å². The van der Waals surface area contributed by atoms with Crippen molar-refractivity contribution in [3.05, 3.63) is 75.7 Å². The van der Waals surface area contributed by atoms with E-state index < -0.39 is 0 Å². The lowest BCUT2D eigenvalue weighted by Crippen LogP contribution is -2.00. The van der Waals surface area contributed by atoms with Crippen molar-refractivity contribution in [2.75, 3.05) is 5.32 Å². The number of anilines is 1. The van der Waals surface area contributed by atoms with E-state index in [1.54, 1.807) is 12.5 Å². The Balaban J connectivity index is 1.70. The number of hydrogen-bond donors (Lipinski definition) is 1. The van der Waals surface area contributed by atoms with Crippen molar-refractivity contribution in [1.82, 2.24) is 9.55 Å². The Bertz CT molecular complexity index is 722. The van der Waals surface area contributed by atoms with Crippen LogP contribution in [0.1, 0.15) is 5.56 Å². The van der Waals surface area contributed by atoms with E-state index >= 15 is 0 Å². The summed E-state index contributed by atoms with van der Waals surface area (Å²) in [6.07, 6.45) is 5.51. The highest BCUT2D eigenvalue weighted by molar-refractivity contribution is 9.11. The van der Waals surface area contributed by atoms with Gasteiger partial charge in [0.05, 0.1) is 6.33 Å². The van der Waals surface area contributed by atoms with Gasteiger partial charge in [-0.1, -0.05) is 28.1 Å². The number of nitrogens with one attached hydrogen (secondary N) is 1. The van der Waals surface area contributed by atoms with Gasteiger partial charge in [0.2, 0.25) is 0 Å². The fourth-order valence-electron chi connectivity index (χ4n) is 2.03. The standard InChI is InChI=1S/C16H13Br2N3/c17-13-3-6-15(18)16(9-13)20-10-12-1-4-14(5-2-12)21-8-7-19-11-21/h1-9,11,20H,10H2. The number of nitrogens with zero attached hydrogens (tertiary/aromatic N) is 2. The topological polar surface area (TPSA) is 29.9 Å². The van der Waals surface area contributed by atoms with Gasteiger partial charge in [-0.3, -0.25) is 0 Å². The van der Waals surface area contributed by atoms with Crippen LogP contribution in [0.25, 0.3) is 5.69 Å². The Morgan fingerprint density at radius 2 is 1.86 bits per heavy atom. The molecule has 0 radical (unpaired) electrons. The summed E-state index contributed by atoms with van der Waals surface area (Å²) < 4.78 is 4.10. The van der Waals surface area contributed by atoms with E-state index in [-0.39, 0.29) is 0 Å². The summed E-state index contributed by atoms with van der Waals surface area (Å²) in [5, 5.41) is 3.43. The molecule has 0 fully saturated rings. The van der Waals surface area contributed by atoms with Gasteiger partial charge in [0, 0.05) is 39.3 Å². The van der Waals surface area contributed by atoms with Gasteiger partial charge in [0.1, 0.15) is 0 Å². The molecule has 0 unspecified atom stereocenters. The Kier molecular flexibility index (Phi) is 4.41. The highest BCUT2D eigenvalue weighted by Gasteiger charge is 2.01. The summed E-state index contributed by atoms with van der Waals surface area (Å²) >= 11 is 7.03. The molecule has 0 aliphatic heterocycles. The first-order valence-electron chi connectivity index (χ1n) is 6.48. The lowest BCUT2D eigenvalue weighted by atomic mass is 10.2. The van der Waals surface area contributed by atoms with Gasteiger partial charge < -0.3 is 9.88 Å². The largest absolute Gasteiger partial charge is 0.380 e. The molecule has 3 nitrogen and oxygen atoms in total. The number of aromatic nitrogens is 2. The van der Waals surface area contributed by atoms with Crippen LogP contribution >= 0.6 is 31.9 Å². The maximum atomic E-state index is 4.06. The number of rotatable bonds is 4. The average Bonchev–Trinajstić information content (AvgIpc) is 3.03. The molecule has 3 rings (SSSR count). The van der Waals surface area contributed by atoms with Crippen LogP contribution in [0.2, 0.25) is 0 Å². The number of halogens is 2. The van der Waals surface area contributed by atoms with Crippen molar-refractivity contribution in [3.8, 4) is 5.69 Å². The molecule has 106 valence electrons. The molecular weight excluding hydrogens is 394 g/mol. The summed E-state index contributed by atoms with van der Waals surface area (Å²) in [6, 6.07) is 14.5. The van der Waals surface area contributed by atoms with Crippen molar-refractivity contribution in [2.45, 2.75) is 6.54 Å². The predicted octanol–water partition coefficient (Wildman–Crippen LogP) is 5.01. The van der Waals surface area contributed by atoms with Crippen molar-refractivity contribution >= 4 is 37.5 Å². The highest BCUT2D eigenvalue weighted by Crippen LogP contribution is 2.26. The zero-order valence-electron chi connectivity index (χ0n) is 11.1. The molecule has 0 saturated heterocycles. The summed E-state index contributed by atoms with van der Waals surface area (Å²) in [4.78, 5) is 4.06. The maximum Gasteiger partial charge on any atom is 0.0991 e. The van der Waals surface area contributed by atoms with E-state index in [0.717, 1.165) is 26.9 Å². The first-order valence-corrected chi connectivity index (χ1v) is 8.07. The molecule has 0 aliphatic rings. The molecule has 5 heteroatoms. The second-order valence-electron chi connectivity index (χ2n) is 4.61. The molecule has 0 amide bonds. The van der Waals surface area contributed by atoms with E-state index in [1.807, 2.05) is 22.9 Å². The third-order valence-electron chi connectivity index (χ3n) is 3.15. The van der Waals surface area contributed by atoms with Crippen LogP contribution in [0.15, 0.2) is 70.1 Å². The number of benzene rings is 2. The summed E-state index contributed by atoms with van der Waals surface area (Å²) in [6.45, 7) is 0.777. The molecular formula is C16H13Br2N3. The molecule has 1 heterocycles. The quantitative estimate of drug-likeness (QED) is 0.659. The summed E-state index contributed by atoms with van der Waals surface area (Å²) in [5.74, 6) is 0. The van der Waals surface area contributed by atoms with Crippen LogP contribution in [-0.4, -0.2) is 9.55 Å². The smallest absolute Gasteiger partial charge is 0.0991 e. The zero-order chi connectivity index (χ0) is 14.7. The zero-order valence-corrected chi connectivity index (χ0v) is 14.3. The Hall–Kier alpha value is -1.59. The summed E-state index contributed by atoms with van der Waals surface area (Å²) in [7, 11) is 0. The van der Waals surface area contributed by atoms with Crippen molar-refractivity contribution in [1.29, 1.82) is 0 Å². The second kappa shape index (κ2) is 6.45. The molecule has 21 heavy (non-hydrogen) atoms. The SMILES string of the molecule is Brc1ccc(Br)c(NCc2ccc(-n3ccnc3)cc2)c1. The summed E-state index contributed by atoms with van der Waals surface area (Å²) in [5.41, 5.74) is 3.41. The van der Waals surface area contributed by atoms with Crippen molar-refractivity contribution in [3.63, 3.8) is 0 Å². The molecule has 0 bridgehead atoms. The normalized spacial score (nSPS) is 10.6. The molecule has 3 aromatic rings. The van der Waals surface area contributed by atoms with Crippen LogP contribution in [0.5, 0.6) is 0 Å². The van der Waals surface area contributed by atoms with Gasteiger partial charge >= 0.3 is 0 Å². The Morgan fingerprint density at radius 3 is 2.57 bits per heavy atom. The van der Waals surface area contributed by atoms with E-state index in [9.17, 15) is 0 Å². The third kappa shape index (κ3) is 3.54. The average molecular weight is 407 g/mol. The fourth-order valence-corrected chi connectivity index (χ4v) is 2.78. The minimum atomic E-state index is 0.777. The van der Waals surface area contributed by atoms with Crippen LogP contribution in [0.4, 0.5) is 5.69 Å². The Labute approximate surface area is 140 Å². The fraction of sp³-hybridized carbons (Fsp3) is 0.0625. The molecule has 1 N–H and O–H groups in total. The van der Waals surface area contributed by atoms with Crippen molar-refractivity contribution in [2.24, 2.45) is 0 Å². The van der Waals surface area contributed by atoms with Gasteiger partial charge in [-0.05, 0) is 51.8 Å². The molecule has 2 aromatic carbocycles. The highest BCUT2D eigenvalue weighted by atomic mass is 79.9. The van der Waals surface area contributed by atoms with Crippen LogP contribution in [0, 0.1) is 0 Å². The first-order chi connectivity index (χ1) is 10.2. The first kappa shape index (κ1) is 14.4. The monoisotopic (exact) mass is 405 g/mol. The van der Waals surface area contributed by atoms with E-state index in [1.165, 1.54) is 5.56 Å². The van der Waals surface area contributed by atoms with Crippen LogP contribution < -0.4 is 5.32 Å².